The zero-order valence-electron chi connectivity index (χ0n) is 10.6. The van der Waals surface area contributed by atoms with E-state index in [-0.39, 0.29) is 18.0 Å². The number of hydrogen-bond donors (Lipinski definition) is 1. The number of rotatable bonds is 5. The Balaban J connectivity index is 2.12. The second-order valence-electron chi connectivity index (χ2n) is 4.62. The lowest BCUT2D eigenvalue weighted by atomic mass is 9.99. The summed E-state index contributed by atoms with van der Waals surface area (Å²) in [5.74, 6) is -0.233. The van der Waals surface area contributed by atoms with Crippen LogP contribution in [0.1, 0.15) is 25.3 Å². The number of benzene rings is 1. The zero-order chi connectivity index (χ0) is 13.0. The number of ether oxygens (including phenoxy) is 1. The van der Waals surface area contributed by atoms with E-state index in [4.69, 9.17) is 16.3 Å². The van der Waals surface area contributed by atoms with Crippen LogP contribution in [-0.2, 0) is 11.2 Å². The molecule has 18 heavy (non-hydrogen) atoms. The molecule has 0 aliphatic carbocycles. The van der Waals surface area contributed by atoms with Crippen LogP contribution in [0.2, 0.25) is 5.02 Å². The molecule has 1 aromatic carbocycles. The fourth-order valence-electron chi connectivity index (χ4n) is 2.46. The Bertz CT molecular complexity index is 373. The molecule has 1 aliphatic rings. The van der Waals surface area contributed by atoms with Crippen molar-refractivity contribution in [1.82, 2.24) is 5.32 Å². The van der Waals surface area contributed by atoms with Crippen LogP contribution in [0.3, 0.4) is 0 Å². The summed E-state index contributed by atoms with van der Waals surface area (Å²) in [6.45, 7) is 3.69. The maximum atomic E-state index is 13.8. The molecular weight excluding hydrogens is 253 g/mol. The highest BCUT2D eigenvalue weighted by Crippen LogP contribution is 2.24. The topological polar surface area (TPSA) is 21.3 Å². The van der Waals surface area contributed by atoms with E-state index in [9.17, 15) is 4.39 Å². The Morgan fingerprint density at radius 3 is 3.00 bits per heavy atom. The minimum absolute atomic E-state index is 0.131. The van der Waals surface area contributed by atoms with Gasteiger partial charge in [0.25, 0.3) is 0 Å². The van der Waals surface area contributed by atoms with Crippen molar-refractivity contribution in [2.45, 2.75) is 38.3 Å². The molecule has 0 saturated carbocycles. The SMILES string of the molecule is CCNC(Cc1c(F)cccc1Cl)C1CCCO1. The van der Waals surface area contributed by atoms with Gasteiger partial charge in [0.1, 0.15) is 5.82 Å². The Kier molecular flexibility index (Phi) is 4.98. The van der Waals surface area contributed by atoms with Crippen LogP contribution in [0.4, 0.5) is 4.39 Å². The molecule has 1 N–H and O–H groups in total. The molecule has 100 valence electrons. The Morgan fingerprint density at radius 2 is 2.39 bits per heavy atom. The third-order valence-electron chi connectivity index (χ3n) is 3.37. The van der Waals surface area contributed by atoms with Crippen molar-refractivity contribution in [3.05, 3.63) is 34.6 Å². The monoisotopic (exact) mass is 271 g/mol. The second kappa shape index (κ2) is 6.50. The molecule has 0 bridgehead atoms. The van der Waals surface area contributed by atoms with Crippen molar-refractivity contribution in [2.24, 2.45) is 0 Å². The lowest BCUT2D eigenvalue weighted by Gasteiger charge is -2.24. The van der Waals surface area contributed by atoms with Crippen molar-refractivity contribution in [2.75, 3.05) is 13.2 Å². The van der Waals surface area contributed by atoms with Gasteiger partial charge in [-0.1, -0.05) is 24.6 Å². The van der Waals surface area contributed by atoms with Crippen molar-refractivity contribution in [3.8, 4) is 0 Å². The van der Waals surface area contributed by atoms with Crippen molar-refractivity contribution in [3.63, 3.8) is 0 Å². The molecule has 1 saturated heterocycles. The standard InChI is InChI=1S/C14H19ClFNO/c1-2-17-13(14-7-4-8-18-14)9-10-11(15)5-3-6-12(10)16/h3,5-6,13-14,17H,2,4,7-9H2,1H3. The van der Waals surface area contributed by atoms with Crippen molar-refractivity contribution >= 4 is 11.6 Å². The number of likely N-dealkylation sites (N-methyl/N-ethyl adjacent to an activating group) is 1. The van der Waals surface area contributed by atoms with Crippen LogP contribution in [-0.4, -0.2) is 25.3 Å². The minimum Gasteiger partial charge on any atom is -0.377 e. The molecule has 2 rings (SSSR count). The van der Waals surface area contributed by atoms with Crippen LogP contribution in [0.25, 0.3) is 0 Å². The Hall–Kier alpha value is -0.640. The maximum absolute atomic E-state index is 13.8. The van der Waals surface area contributed by atoms with E-state index in [1.165, 1.54) is 6.07 Å². The van der Waals surface area contributed by atoms with Crippen molar-refractivity contribution in [1.29, 1.82) is 0 Å². The third kappa shape index (κ3) is 3.22. The summed E-state index contributed by atoms with van der Waals surface area (Å²) in [7, 11) is 0. The van der Waals surface area contributed by atoms with Crippen LogP contribution < -0.4 is 5.32 Å². The van der Waals surface area contributed by atoms with E-state index in [0.717, 1.165) is 26.0 Å². The summed E-state index contributed by atoms with van der Waals surface area (Å²) in [5, 5.41) is 3.87. The Morgan fingerprint density at radius 1 is 1.56 bits per heavy atom. The quantitative estimate of drug-likeness (QED) is 0.888. The van der Waals surface area contributed by atoms with Crippen LogP contribution in [0.5, 0.6) is 0 Å². The predicted molar refractivity (Wildman–Crippen MR) is 71.6 cm³/mol. The average molecular weight is 272 g/mol. The van der Waals surface area contributed by atoms with Gasteiger partial charge in [-0.25, -0.2) is 4.39 Å². The Labute approximate surface area is 112 Å². The van der Waals surface area contributed by atoms with E-state index in [1.807, 2.05) is 6.92 Å². The highest BCUT2D eigenvalue weighted by Gasteiger charge is 2.26. The number of halogens is 2. The van der Waals surface area contributed by atoms with Gasteiger partial charge >= 0.3 is 0 Å². The first-order valence-electron chi connectivity index (χ1n) is 6.50. The normalized spacial score (nSPS) is 21.2. The molecule has 1 aliphatic heterocycles. The zero-order valence-corrected chi connectivity index (χ0v) is 11.3. The first kappa shape index (κ1) is 13.8. The first-order chi connectivity index (χ1) is 8.72. The van der Waals surface area contributed by atoms with E-state index in [1.54, 1.807) is 12.1 Å². The van der Waals surface area contributed by atoms with Gasteiger partial charge < -0.3 is 10.1 Å². The van der Waals surface area contributed by atoms with Crippen molar-refractivity contribution < 1.29 is 9.13 Å². The largest absolute Gasteiger partial charge is 0.377 e. The first-order valence-corrected chi connectivity index (χ1v) is 6.88. The number of nitrogens with one attached hydrogen (secondary N) is 1. The smallest absolute Gasteiger partial charge is 0.127 e. The fraction of sp³-hybridized carbons (Fsp3) is 0.571. The molecule has 0 radical (unpaired) electrons. The number of hydrogen-bond acceptors (Lipinski definition) is 2. The van der Waals surface area contributed by atoms with E-state index in [0.29, 0.717) is 17.0 Å². The molecule has 2 atom stereocenters. The summed E-state index contributed by atoms with van der Waals surface area (Å²) in [4.78, 5) is 0. The van der Waals surface area contributed by atoms with Gasteiger partial charge in [-0.15, -0.1) is 0 Å². The summed E-state index contributed by atoms with van der Waals surface area (Å²) in [5.41, 5.74) is 0.584. The molecule has 0 aromatic heterocycles. The van der Waals surface area contributed by atoms with E-state index < -0.39 is 0 Å². The van der Waals surface area contributed by atoms with Gasteiger partial charge in [0.15, 0.2) is 0 Å². The predicted octanol–water partition coefficient (Wildman–Crippen LogP) is 3.18. The fourth-order valence-corrected chi connectivity index (χ4v) is 2.70. The second-order valence-corrected chi connectivity index (χ2v) is 5.03. The molecule has 0 amide bonds. The maximum Gasteiger partial charge on any atom is 0.127 e. The molecule has 4 heteroatoms. The highest BCUT2D eigenvalue weighted by molar-refractivity contribution is 6.31. The molecule has 0 spiro atoms. The average Bonchev–Trinajstić information content (AvgIpc) is 2.86. The van der Waals surface area contributed by atoms with Gasteiger partial charge in [-0.05, 0) is 37.9 Å². The summed E-state index contributed by atoms with van der Waals surface area (Å²) in [6, 6.07) is 4.96. The van der Waals surface area contributed by atoms with Gasteiger partial charge in [0.05, 0.1) is 6.10 Å². The highest BCUT2D eigenvalue weighted by atomic mass is 35.5. The van der Waals surface area contributed by atoms with Gasteiger partial charge in [-0.3, -0.25) is 0 Å². The van der Waals surface area contributed by atoms with Crippen LogP contribution >= 0.6 is 11.6 Å². The van der Waals surface area contributed by atoms with Gasteiger partial charge in [0, 0.05) is 23.2 Å². The molecule has 1 fully saturated rings. The molecule has 1 heterocycles. The lowest BCUT2D eigenvalue weighted by molar-refractivity contribution is 0.0787. The summed E-state index contributed by atoms with van der Waals surface area (Å²) in [6.07, 6.45) is 2.85. The third-order valence-corrected chi connectivity index (χ3v) is 3.72. The van der Waals surface area contributed by atoms with E-state index in [2.05, 4.69) is 5.32 Å². The van der Waals surface area contributed by atoms with Gasteiger partial charge in [-0.2, -0.15) is 0 Å². The minimum atomic E-state index is -0.233. The lowest BCUT2D eigenvalue weighted by Crippen LogP contribution is -2.41. The van der Waals surface area contributed by atoms with Crippen LogP contribution in [0, 0.1) is 5.82 Å². The van der Waals surface area contributed by atoms with Crippen LogP contribution in [0.15, 0.2) is 18.2 Å². The molecular formula is C14H19ClFNO. The van der Waals surface area contributed by atoms with E-state index >= 15 is 0 Å². The molecule has 2 nitrogen and oxygen atoms in total. The molecule has 2 unspecified atom stereocenters. The summed E-state index contributed by atoms with van der Waals surface area (Å²) >= 11 is 6.07. The van der Waals surface area contributed by atoms with Gasteiger partial charge in [0.2, 0.25) is 0 Å². The summed E-state index contributed by atoms with van der Waals surface area (Å²) < 4.78 is 19.5. The molecule has 1 aromatic rings.